The standard InChI is InChI=1S/C19H16FO3P.5FH2O3P/c20-24(21,22)23-19(16-10-4-1-5-11-16,17-12-6-2-7-13-17)18-14-8-3-9-15-18;5*1-5(2,3)4/h1-15H,(H,21,22);5*(H2,2,3,4). The lowest BCUT2D eigenvalue weighted by molar-refractivity contribution is 0.113. The molecule has 0 spiro atoms. The average Bonchev–Trinajstić information content (AvgIpc) is 2.83. The summed E-state index contributed by atoms with van der Waals surface area (Å²) >= 11 is 0. The molecule has 1 unspecified atom stereocenters. The maximum atomic E-state index is 13.8. The van der Waals surface area contributed by atoms with Crippen molar-refractivity contribution in [1.29, 1.82) is 0 Å². The van der Waals surface area contributed by atoms with Gasteiger partial charge in [-0.1, -0.05) is 91.0 Å². The van der Waals surface area contributed by atoms with Crippen LogP contribution in [-0.2, 0) is 37.5 Å². The van der Waals surface area contributed by atoms with E-state index in [2.05, 4.69) is 0 Å². The normalized spacial score (nSPS) is 12.9. The molecule has 3 rings (SSSR count). The fraction of sp³-hybridized carbons (Fsp3) is 0.0526. The molecule has 11 N–H and O–H groups in total. The lowest BCUT2D eigenvalue weighted by atomic mass is 9.80. The molecule has 49 heavy (non-hydrogen) atoms. The largest absolute Gasteiger partial charge is 0.512 e. The number of hydrogen-bond donors (Lipinski definition) is 11. The summed E-state index contributed by atoms with van der Waals surface area (Å²) in [4.78, 5) is 79.1. The van der Waals surface area contributed by atoms with Crippen LogP contribution in [0.5, 0.6) is 0 Å². The molecular weight excluding hydrogens is 816 g/mol. The molecule has 0 aromatic heterocycles. The quantitative estimate of drug-likeness (QED) is 0.0880. The number of hydrogen-bond acceptors (Lipinski definition) is 7. The van der Waals surface area contributed by atoms with Gasteiger partial charge in [-0.3, -0.25) is 58.4 Å². The Bertz CT molecular complexity index is 1390. The Hall–Kier alpha value is -1.86. The van der Waals surface area contributed by atoms with Gasteiger partial charge >= 0.3 is 47.4 Å². The monoisotopic (exact) mass is 842 g/mol. The average molecular weight is 842 g/mol. The molecule has 1 atom stereocenters. The molecule has 0 saturated heterocycles. The fourth-order valence-electron chi connectivity index (χ4n) is 2.85. The van der Waals surface area contributed by atoms with Crippen LogP contribution in [-0.4, -0.2) is 53.8 Å². The van der Waals surface area contributed by atoms with Crippen molar-refractivity contribution in [2.45, 2.75) is 5.60 Å². The molecular formula is C19H26F6O18P6. The summed E-state index contributed by atoms with van der Waals surface area (Å²) in [5.74, 6) is 0. The minimum absolute atomic E-state index is 0.564. The Labute approximate surface area is 271 Å². The molecule has 282 valence electrons. The van der Waals surface area contributed by atoms with Gasteiger partial charge < -0.3 is 0 Å². The van der Waals surface area contributed by atoms with Gasteiger partial charge in [0.25, 0.3) is 0 Å². The molecule has 18 nitrogen and oxygen atoms in total. The smallest absolute Gasteiger partial charge is 0.299 e. The van der Waals surface area contributed by atoms with Crippen LogP contribution in [0.1, 0.15) is 16.7 Å². The summed E-state index contributed by atoms with van der Waals surface area (Å²) in [6, 6.07) is 26.6. The van der Waals surface area contributed by atoms with E-state index in [0.29, 0.717) is 16.7 Å². The third-order valence-electron chi connectivity index (χ3n) is 3.79. The zero-order valence-corrected chi connectivity index (χ0v) is 28.8. The van der Waals surface area contributed by atoms with Crippen LogP contribution in [0.25, 0.3) is 0 Å². The van der Waals surface area contributed by atoms with Gasteiger partial charge in [-0.05, 0) is 16.7 Å². The summed E-state index contributed by atoms with van der Waals surface area (Å²) in [7, 11) is -31.0. The Morgan fingerprint density at radius 2 is 0.510 bits per heavy atom. The highest BCUT2D eigenvalue weighted by Gasteiger charge is 2.43. The van der Waals surface area contributed by atoms with Crippen molar-refractivity contribution in [2.75, 3.05) is 0 Å². The van der Waals surface area contributed by atoms with E-state index in [0.717, 1.165) is 0 Å². The van der Waals surface area contributed by atoms with Gasteiger partial charge in [0.05, 0.1) is 0 Å². The van der Waals surface area contributed by atoms with Crippen LogP contribution in [0.2, 0.25) is 0 Å². The molecule has 0 aliphatic heterocycles. The maximum Gasteiger partial charge on any atom is 0.512 e. The number of benzene rings is 3. The third-order valence-corrected chi connectivity index (χ3v) is 4.29. The fourth-order valence-corrected chi connectivity index (χ4v) is 3.50. The van der Waals surface area contributed by atoms with E-state index in [1.165, 1.54) is 0 Å². The Morgan fingerprint density at radius 1 is 0.367 bits per heavy atom. The highest BCUT2D eigenvalue weighted by molar-refractivity contribution is 7.47. The molecule has 0 aliphatic rings. The molecule has 0 bridgehead atoms. The molecule has 0 saturated carbocycles. The molecule has 0 fully saturated rings. The van der Waals surface area contributed by atoms with Crippen molar-refractivity contribution in [3.05, 3.63) is 108 Å². The predicted molar refractivity (Wildman–Crippen MR) is 157 cm³/mol. The zero-order valence-electron chi connectivity index (χ0n) is 23.4. The van der Waals surface area contributed by atoms with Crippen molar-refractivity contribution >= 4 is 47.4 Å². The third kappa shape index (κ3) is 42.2. The van der Waals surface area contributed by atoms with Crippen LogP contribution >= 0.6 is 47.4 Å². The summed E-state index contributed by atoms with van der Waals surface area (Å²) in [5, 5.41) is 0. The van der Waals surface area contributed by atoms with Crippen molar-refractivity contribution in [2.24, 2.45) is 0 Å². The van der Waals surface area contributed by atoms with Gasteiger partial charge in [-0.15, -0.1) is 25.2 Å². The second-order valence-electron chi connectivity index (χ2n) is 7.69. The molecule has 3 aromatic carbocycles. The lowest BCUT2D eigenvalue weighted by Crippen LogP contribution is -2.31. The van der Waals surface area contributed by atoms with E-state index in [4.69, 9.17) is 76.3 Å². The molecule has 0 radical (unpaired) electrons. The topological polar surface area (TPSA) is 334 Å². The van der Waals surface area contributed by atoms with Crippen molar-refractivity contribution in [3.8, 4) is 0 Å². The van der Waals surface area contributed by atoms with Crippen LogP contribution in [0, 0.1) is 0 Å². The van der Waals surface area contributed by atoms with E-state index in [1.807, 2.05) is 18.2 Å². The molecule has 30 heteroatoms. The first-order valence-corrected chi connectivity index (χ1v) is 20.2. The minimum atomic E-state index is -5.28. The molecule has 0 heterocycles. The Balaban J connectivity index is -0.000000687. The van der Waals surface area contributed by atoms with E-state index in [-0.39, 0.29) is 0 Å². The highest BCUT2D eigenvalue weighted by atomic mass is 31.2. The van der Waals surface area contributed by atoms with Gasteiger partial charge in [0.15, 0.2) is 5.60 Å². The van der Waals surface area contributed by atoms with Gasteiger partial charge in [0.1, 0.15) is 0 Å². The lowest BCUT2D eigenvalue weighted by Gasteiger charge is -2.35. The van der Waals surface area contributed by atoms with Crippen LogP contribution in [0.3, 0.4) is 0 Å². The summed E-state index contributed by atoms with van der Waals surface area (Å²) in [6.45, 7) is 0. The van der Waals surface area contributed by atoms with Gasteiger partial charge in [0.2, 0.25) is 0 Å². The highest BCUT2D eigenvalue weighted by Crippen LogP contribution is 2.55. The van der Waals surface area contributed by atoms with E-state index >= 15 is 0 Å². The first kappa shape index (κ1) is 51.5. The Morgan fingerprint density at radius 3 is 0.633 bits per heavy atom. The number of halogens is 6. The van der Waals surface area contributed by atoms with Gasteiger partial charge in [0, 0.05) is 0 Å². The van der Waals surface area contributed by atoms with Crippen LogP contribution in [0.15, 0.2) is 91.0 Å². The molecule has 0 amide bonds. The van der Waals surface area contributed by atoms with Crippen molar-refractivity contribution < 1.29 is 111 Å². The van der Waals surface area contributed by atoms with Crippen LogP contribution < -0.4 is 0 Å². The van der Waals surface area contributed by atoms with E-state index < -0.39 is 53.0 Å². The predicted octanol–water partition coefficient (Wildman–Crippen LogP) is 5.31. The van der Waals surface area contributed by atoms with Crippen molar-refractivity contribution in [1.82, 2.24) is 0 Å². The number of rotatable bonds is 5. The maximum absolute atomic E-state index is 13.8. The molecule has 3 aromatic rings. The zero-order chi connectivity index (χ0) is 39.5. The molecule has 0 aliphatic carbocycles. The first-order valence-electron chi connectivity index (χ1n) is 11.2. The van der Waals surface area contributed by atoms with Crippen LogP contribution in [0.4, 0.5) is 25.2 Å². The van der Waals surface area contributed by atoms with Crippen molar-refractivity contribution in [3.63, 3.8) is 0 Å². The van der Waals surface area contributed by atoms with E-state index in [1.54, 1.807) is 72.8 Å². The summed E-state index contributed by atoms with van der Waals surface area (Å²) in [5.41, 5.74) is 0.168. The van der Waals surface area contributed by atoms with Gasteiger partial charge in [-0.25, -0.2) is 27.4 Å². The summed E-state index contributed by atoms with van der Waals surface area (Å²) < 4.78 is 126. The first-order chi connectivity index (χ1) is 21.5. The van der Waals surface area contributed by atoms with Gasteiger partial charge in [-0.2, -0.15) is 0 Å². The Kier molecular flexibility index (Phi) is 23.3. The minimum Gasteiger partial charge on any atom is -0.299 e. The summed E-state index contributed by atoms with van der Waals surface area (Å²) in [6.07, 6.45) is 0. The second-order valence-corrected chi connectivity index (χ2v) is 13.5. The SMILES string of the molecule is O=P(O)(F)OC(c1ccccc1)(c1ccccc1)c1ccccc1.O=P(O)(O)F.O=P(O)(O)F.O=P(O)(O)F.O=P(O)(O)F.O=P(O)(O)F. The second kappa shape index (κ2) is 22.2. The van der Waals surface area contributed by atoms with E-state index in [9.17, 15) is 34.6 Å².